The van der Waals surface area contributed by atoms with Gasteiger partial charge in [0.05, 0.1) is 5.69 Å². The lowest BCUT2D eigenvalue weighted by atomic mass is 9.97. The molecule has 1 aromatic heterocycles. The lowest BCUT2D eigenvalue weighted by molar-refractivity contribution is -0.141. The topological polar surface area (TPSA) is 33.1 Å². The quantitative estimate of drug-likeness (QED) is 0.900. The maximum Gasteiger partial charge on any atom is 0.435 e. The molecule has 3 heterocycles. The Kier molecular flexibility index (Phi) is 3.29. The number of hydrogen-bond donors (Lipinski definition) is 1. The fourth-order valence-corrected chi connectivity index (χ4v) is 3.33. The van der Waals surface area contributed by atoms with Crippen LogP contribution in [-0.4, -0.2) is 39.9 Å². The van der Waals surface area contributed by atoms with Gasteiger partial charge in [0.25, 0.3) is 0 Å². The molecule has 0 bridgehead atoms. The summed E-state index contributed by atoms with van der Waals surface area (Å²) < 4.78 is 39.3. The zero-order valence-corrected chi connectivity index (χ0v) is 11.5. The minimum atomic E-state index is -4.37. The van der Waals surface area contributed by atoms with Gasteiger partial charge in [0.15, 0.2) is 5.69 Å². The Labute approximate surface area is 115 Å². The van der Waals surface area contributed by atoms with Crippen molar-refractivity contribution in [3.63, 3.8) is 0 Å². The van der Waals surface area contributed by atoms with Crippen LogP contribution in [0.2, 0.25) is 0 Å². The average molecular weight is 288 g/mol. The van der Waals surface area contributed by atoms with Gasteiger partial charge in [-0.25, -0.2) is 0 Å². The van der Waals surface area contributed by atoms with E-state index in [0.29, 0.717) is 12.2 Å². The summed E-state index contributed by atoms with van der Waals surface area (Å²) in [6, 6.07) is 1.16. The molecule has 0 saturated carbocycles. The van der Waals surface area contributed by atoms with E-state index in [-0.39, 0.29) is 5.54 Å². The highest BCUT2D eigenvalue weighted by molar-refractivity contribution is 5.14. The van der Waals surface area contributed by atoms with Gasteiger partial charge in [-0.3, -0.25) is 9.58 Å². The molecule has 1 atom stereocenters. The van der Waals surface area contributed by atoms with E-state index >= 15 is 0 Å². The van der Waals surface area contributed by atoms with Gasteiger partial charge in [-0.2, -0.15) is 18.3 Å². The molecule has 1 unspecified atom stereocenters. The maximum atomic E-state index is 12.6. The van der Waals surface area contributed by atoms with Crippen molar-refractivity contribution >= 4 is 0 Å². The van der Waals surface area contributed by atoms with Crippen LogP contribution in [0.1, 0.15) is 30.7 Å². The Morgan fingerprint density at radius 3 is 2.80 bits per heavy atom. The lowest BCUT2D eigenvalue weighted by Crippen LogP contribution is -2.42. The Morgan fingerprint density at radius 1 is 1.40 bits per heavy atom. The summed E-state index contributed by atoms with van der Waals surface area (Å²) in [6.07, 6.45) is -0.924. The number of nitrogens with zero attached hydrogens (tertiary/aromatic N) is 3. The van der Waals surface area contributed by atoms with Gasteiger partial charge in [-0.1, -0.05) is 0 Å². The smallest absolute Gasteiger partial charge is 0.310 e. The normalized spacial score (nSPS) is 27.8. The van der Waals surface area contributed by atoms with Crippen molar-refractivity contribution in [2.24, 2.45) is 7.05 Å². The van der Waals surface area contributed by atoms with Crippen molar-refractivity contribution in [1.82, 2.24) is 20.0 Å². The molecule has 0 aromatic carbocycles. The fraction of sp³-hybridized carbons (Fsp3) is 0.769. The standard InChI is InChI=1S/C13H19F3N4/c1-19-10(7-11(18-19)13(14,15)16)8-20-6-4-12(9-20)3-2-5-17-12/h7,17H,2-6,8-9H2,1H3. The summed E-state index contributed by atoms with van der Waals surface area (Å²) in [7, 11) is 1.57. The molecule has 3 rings (SSSR count). The second kappa shape index (κ2) is 4.73. The number of alkyl halides is 3. The van der Waals surface area contributed by atoms with Gasteiger partial charge < -0.3 is 5.32 Å². The number of hydrogen-bond acceptors (Lipinski definition) is 3. The van der Waals surface area contributed by atoms with Gasteiger partial charge in [0.1, 0.15) is 0 Å². The van der Waals surface area contributed by atoms with E-state index in [9.17, 15) is 13.2 Å². The van der Waals surface area contributed by atoms with Crippen LogP contribution in [0.15, 0.2) is 6.07 Å². The Morgan fingerprint density at radius 2 is 2.20 bits per heavy atom. The first-order valence-electron chi connectivity index (χ1n) is 6.96. The maximum absolute atomic E-state index is 12.6. The van der Waals surface area contributed by atoms with E-state index < -0.39 is 11.9 Å². The molecule has 1 spiro atoms. The highest BCUT2D eigenvalue weighted by Gasteiger charge is 2.40. The van der Waals surface area contributed by atoms with Crippen molar-refractivity contribution in [3.8, 4) is 0 Å². The minimum absolute atomic E-state index is 0.200. The molecular weight excluding hydrogens is 269 g/mol. The Balaban J connectivity index is 1.68. The molecule has 1 N–H and O–H groups in total. The molecule has 0 amide bonds. The molecule has 2 aliphatic rings. The fourth-order valence-electron chi connectivity index (χ4n) is 3.33. The highest BCUT2D eigenvalue weighted by atomic mass is 19.4. The number of rotatable bonds is 2. The summed E-state index contributed by atoms with van der Waals surface area (Å²) >= 11 is 0. The van der Waals surface area contributed by atoms with Crippen LogP contribution in [0.25, 0.3) is 0 Å². The lowest BCUT2D eigenvalue weighted by Gasteiger charge is -2.24. The SMILES string of the molecule is Cn1nc(C(F)(F)F)cc1CN1CCC2(CCCN2)C1. The van der Waals surface area contributed by atoms with Crippen LogP contribution in [0, 0.1) is 0 Å². The first-order chi connectivity index (χ1) is 9.38. The van der Waals surface area contributed by atoms with Gasteiger partial charge in [0, 0.05) is 32.2 Å². The molecule has 0 radical (unpaired) electrons. The van der Waals surface area contributed by atoms with Crippen LogP contribution in [0.3, 0.4) is 0 Å². The predicted molar refractivity (Wildman–Crippen MR) is 68.1 cm³/mol. The number of nitrogens with one attached hydrogen (secondary N) is 1. The first kappa shape index (κ1) is 13.9. The third-order valence-electron chi connectivity index (χ3n) is 4.42. The van der Waals surface area contributed by atoms with Crippen LogP contribution >= 0.6 is 0 Å². The summed E-state index contributed by atoms with van der Waals surface area (Å²) in [6.45, 7) is 3.43. The van der Waals surface area contributed by atoms with Crippen LogP contribution in [-0.2, 0) is 19.8 Å². The minimum Gasteiger partial charge on any atom is -0.310 e. The van der Waals surface area contributed by atoms with Crippen molar-refractivity contribution in [2.75, 3.05) is 19.6 Å². The van der Waals surface area contributed by atoms with E-state index in [1.807, 2.05) is 0 Å². The van der Waals surface area contributed by atoms with E-state index in [4.69, 9.17) is 0 Å². The molecule has 2 aliphatic heterocycles. The predicted octanol–water partition coefficient (Wildman–Crippen LogP) is 1.77. The monoisotopic (exact) mass is 288 g/mol. The third kappa shape index (κ3) is 2.56. The van der Waals surface area contributed by atoms with E-state index in [0.717, 1.165) is 32.1 Å². The Bertz CT molecular complexity index is 488. The second-order valence-corrected chi connectivity index (χ2v) is 5.91. The van der Waals surface area contributed by atoms with Gasteiger partial charge in [-0.15, -0.1) is 0 Å². The van der Waals surface area contributed by atoms with Crippen molar-refractivity contribution in [1.29, 1.82) is 0 Å². The van der Waals surface area contributed by atoms with Crippen molar-refractivity contribution < 1.29 is 13.2 Å². The molecule has 4 nitrogen and oxygen atoms in total. The summed E-state index contributed by atoms with van der Waals surface area (Å²) in [5, 5.41) is 7.11. The molecule has 20 heavy (non-hydrogen) atoms. The van der Waals surface area contributed by atoms with Crippen LogP contribution in [0.4, 0.5) is 13.2 Å². The molecule has 1 aromatic rings. The van der Waals surface area contributed by atoms with Crippen LogP contribution in [0.5, 0.6) is 0 Å². The molecule has 112 valence electrons. The largest absolute Gasteiger partial charge is 0.435 e. The molecular formula is C13H19F3N4. The Hall–Kier alpha value is -1.08. The van der Waals surface area contributed by atoms with Crippen molar-refractivity contribution in [3.05, 3.63) is 17.5 Å². The van der Waals surface area contributed by atoms with Crippen molar-refractivity contribution in [2.45, 2.75) is 37.5 Å². The van der Waals surface area contributed by atoms with E-state index in [1.54, 1.807) is 7.05 Å². The van der Waals surface area contributed by atoms with Gasteiger partial charge in [0.2, 0.25) is 0 Å². The van der Waals surface area contributed by atoms with E-state index in [1.165, 1.54) is 17.5 Å². The number of likely N-dealkylation sites (tertiary alicyclic amines) is 1. The van der Waals surface area contributed by atoms with Gasteiger partial charge in [-0.05, 0) is 31.9 Å². The zero-order valence-electron chi connectivity index (χ0n) is 11.5. The summed E-state index contributed by atoms with van der Waals surface area (Å²) in [5.41, 5.74) is 0.0149. The molecule has 7 heteroatoms. The first-order valence-corrected chi connectivity index (χ1v) is 6.96. The summed E-state index contributed by atoms with van der Waals surface area (Å²) in [5.74, 6) is 0. The molecule has 0 aliphatic carbocycles. The number of aryl methyl sites for hydroxylation is 1. The number of aromatic nitrogens is 2. The van der Waals surface area contributed by atoms with Crippen LogP contribution < -0.4 is 5.32 Å². The molecule has 2 fully saturated rings. The average Bonchev–Trinajstić information content (AvgIpc) is 3.04. The number of halogens is 3. The second-order valence-electron chi connectivity index (χ2n) is 5.91. The zero-order chi connectivity index (χ0) is 14.4. The third-order valence-corrected chi connectivity index (χ3v) is 4.42. The summed E-state index contributed by atoms with van der Waals surface area (Å²) in [4.78, 5) is 2.22. The van der Waals surface area contributed by atoms with Gasteiger partial charge >= 0.3 is 6.18 Å². The molecule has 2 saturated heterocycles. The highest BCUT2D eigenvalue weighted by Crippen LogP contribution is 2.32. The van der Waals surface area contributed by atoms with E-state index in [2.05, 4.69) is 15.3 Å².